The Bertz CT molecular complexity index is 355. The van der Waals surface area contributed by atoms with Crippen LogP contribution in [0.5, 0.6) is 0 Å². The van der Waals surface area contributed by atoms with E-state index in [2.05, 4.69) is 0 Å². The third kappa shape index (κ3) is 1.78. The summed E-state index contributed by atoms with van der Waals surface area (Å²) in [6.45, 7) is 1.39. The largest absolute Gasteiger partial charge is 0.477 e. The molecular weight excluding hydrogens is 224 g/mol. The molecule has 1 unspecified atom stereocenters. The molecule has 1 saturated heterocycles. The van der Waals surface area contributed by atoms with Crippen LogP contribution in [0.3, 0.4) is 0 Å². The van der Waals surface area contributed by atoms with Gasteiger partial charge < -0.3 is 9.84 Å². The van der Waals surface area contributed by atoms with Gasteiger partial charge in [-0.15, -0.1) is 11.3 Å². The first-order chi connectivity index (χ1) is 6.68. The van der Waals surface area contributed by atoms with Crippen molar-refractivity contribution in [3.8, 4) is 0 Å². The summed E-state index contributed by atoms with van der Waals surface area (Å²) < 4.78 is 5.24. The van der Waals surface area contributed by atoms with E-state index in [1.54, 1.807) is 0 Å². The van der Waals surface area contributed by atoms with E-state index in [1.807, 2.05) is 0 Å². The highest BCUT2D eigenvalue weighted by atomic mass is 35.5. The molecule has 1 aliphatic rings. The third-order valence-electron chi connectivity index (χ3n) is 2.22. The average molecular weight is 233 g/mol. The maximum Gasteiger partial charge on any atom is 0.345 e. The molecular formula is C9H9ClO3S. The van der Waals surface area contributed by atoms with Gasteiger partial charge in [-0.2, -0.15) is 0 Å². The van der Waals surface area contributed by atoms with E-state index >= 15 is 0 Å². The zero-order valence-electron chi connectivity index (χ0n) is 7.33. The summed E-state index contributed by atoms with van der Waals surface area (Å²) in [6.07, 6.45) is 0.930. The number of thiophene rings is 1. The Balaban J connectivity index is 2.28. The van der Waals surface area contributed by atoms with Crippen LogP contribution in [0.2, 0.25) is 5.02 Å². The first-order valence-electron chi connectivity index (χ1n) is 4.28. The molecule has 0 bridgehead atoms. The normalized spacial score (nSPS) is 21.4. The summed E-state index contributed by atoms with van der Waals surface area (Å²) >= 11 is 7.21. The number of carbonyl (C=O) groups is 1. The Kier molecular flexibility index (Phi) is 2.76. The van der Waals surface area contributed by atoms with Gasteiger partial charge in [0, 0.05) is 17.4 Å². The number of hydrogen-bond donors (Lipinski definition) is 1. The van der Waals surface area contributed by atoms with Gasteiger partial charge in [0.2, 0.25) is 0 Å². The van der Waals surface area contributed by atoms with Crippen molar-refractivity contribution in [2.24, 2.45) is 0 Å². The van der Waals surface area contributed by atoms with Crippen LogP contribution in [0.4, 0.5) is 0 Å². The first-order valence-corrected chi connectivity index (χ1v) is 5.48. The van der Waals surface area contributed by atoms with Crippen molar-refractivity contribution in [1.29, 1.82) is 0 Å². The van der Waals surface area contributed by atoms with Crippen LogP contribution in [-0.2, 0) is 4.74 Å². The third-order valence-corrected chi connectivity index (χ3v) is 3.93. The molecule has 1 N–H and O–H groups in total. The second-order valence-electron chi connectivity index (χ2n) is 3.19. The molecule has 3 nitrogen and oxygen atoms in total. The fourth-order valence-corrected chi connectivity index (χ4v) is 2.96. The molecule has 0 aliphatic carbocycles. The summed E-state index contributed by atoms with van der Waals surface area (Å²) in [5.41, 5.74) is 0. The minimum atomic E-state index is -0.915. The molecule has 1 fully saturated rings. The predicted molar refractivity (Wildman–Crippen MR) is 54.5 cm³/mol. The van der Waals surface area contributed by atoms with Crippen molar-refractivity contribution < 1.29 is 14.6 Å². The van der Waals surface area contributed by atoms with Crippen molar-refractivity contribution in [1.82, 2.24) is 0 Å². The van der Waals surface area contributed by atoms with Crippen LogP contribution < -0.4 is 0 Å². The summed E-state index contributed by atoms with van der Waals surface area (Å²) in [5.74, 6) is -0.636. The number of halogens is 1. The number of aromatic carboxylic acids is 1. The minimum Gasteiger partial charge on any atom is -0.477 e. The number of ether oxygens (including phenoxy) is 1. The average Bonchev–Trinajstić information content (AvgIpc) is 2.71. The van der Waals surface area contributed by atoms with E-state index in [-0.39, 0.29) is 5.92 Å². The van der Waals surface area contributed by atoms with Gasteiger partial charge in [0.15, 0.2) is 0 Å². The molecule has 76 valence electrons. The number of rotatable bonds is 2. The molecule has 0 spiro atoms. The Morgan fingerprint density at radius 2 is 2.50 bits per heavy atom. The van der Waals surface area contributed by atoms with E-state index in [1.165, 1.54) is 17.4 Å². The second kappa shape index (κ2) is 3.88. The second-order valence-corrected chi connectivity index (χ2v) is 4.68. The van der Waals surface area contributed by atoms with E-state index in [0.717, 1.165) is 17.9 Å². The lowest BCUT2D eigenvalue weighted by molar-refractivity contribution is 0.0702. The number of carboxylic acid groups (broad SMARTS) is 1. The van der Waals surface area contributed by atoms with E-state index in [9.17, 15) is 4.79 Å². The van der Waals surface area contributed by atoms with Crippen LogP contribution >= 0.6 is 22.9 Å². The van der Waals surface area contributed by atoms with Gasteiger partial charge in [-0.3, -0.25) is 0 Å². The molecule has 0 amide bonds. The van der Waals surface area contributed by atoms with Crippen molar-refractivity contribution in [3.63, 3.8) is 0 Å². The van der Waals surface area contributed by atoms with Crippen LogP contribution in [0.15, 0.2) is 6.07 Å². The van der Waals surface area contributed by atoms with Gasteiger partial charge in [-0.25, -0.2) is 4.79 Å². The van der Waals surface area contributed by atoms with Gasteiger partial charge in [0.05, 0.1) is 11.6 Å². The Morgan fingerprint density at radius 1 is 1.71 bits per heavy atom. The first kappa shape index (κ1) is 9.96. The highest BCUT2D eigenvalue weighted by molar-refractivity contribution is 7.14. The summed E-state index contributed by atoms with van der Waals surface area (Å²) in [7, 11) is 0. The molecule has 2 rings (SSSR count). The van der Waals surface area contributed by atoms with Gasteiger partial charge >= 0.3 is 5.97 Å². The summed E-state index contributed by atoms with van der Waals surface area (Å²) in [4.78, 5) is 12.0. The summed E-state index contributed by atoms with van der Waals surface area (Å²) in [6, 6.07) is 1.52. The fraction of sp³-hybridized carbons (Fsp3) is 0.444. The topological polar surface area (TPSA) is 46.5 Å². The maximum absolute atomic E-state index is 10.7. The highest BCUT2D eigenvalue weighted by Gasteiger charge is 2.23. The zero-order valence-corrected chi connectivity index (χ0v) is 8.90. The van der Waals surface area contributed by atoms with Gasteiger partial charge in [0.1, 0.15) is 4.88 Å². The van der Waals surface area contributed by atoms with Gasteiger partial charge in [-0.1, -0.05) is 11.6 Å². The lowest BCUT2D eigenvalue weighted by Crippen LogP contribution is -1.94. The molecule has 0 radical (unpaired) electrons. The lowest BCUT2D eigenvalue weighted by Gasteiger charge is -2.03. The van der Waals surface area contributed by atoms with Crippen molar-refractivity contribution in [2.75, 3.05) is 13.2 Å². The molecule has 1 atom stereocenters. The van der Waals surface area contributed by atoms with Crippen LogP contribution in [0, 0.1) is 0 Å². The number of hydrogen-bond acceptors (Lipinski definition) is 3. The number of carboxylic acids is 1. The Labute approximate surface area is 90.3 Å². The minimum absolute atomic E-state index is 0.278. The molecule has 5 heteroatoms. The van der Waals surface area contributed by atoms with Crippen molar-refractivity contribution in [3.05, 3.63) is 20.8 Å². The molecule has 2 heterocycles. The molecule has 1 aromatic heterocycles. The van der Waals surface area contributed by atoms with Crippen molar-refractivity contribution in [2.45, 2.75) is 12.3 Å². The van der Waals surface area contributed by atoms with Crippen LogP contribution in [-0.4, -0.2) is 24.3 Å². The highest BCUT2D eigenvalue weighted by Crippen LogP contribution is 2.37. The van der Waals surface area contributed by atoms with E-state index in [0.29, 0.717) is 16.5 Å². The predicted octanol–water partition coefficient (Wildman–Crippen LogP) is 2.60. The fourth-order valence-electron chi connectivity index (χ4n) is 1.51. The Hall–Kier alpha value is -0.580. The van der Waals surface area contributed by atoms with Crippen LogP contribution in [0.25, 0.3) is 0 Å². The van der Waals surface area contributed by atoms with E-state index < -0.39 is 5.97 Å². The quantitative estimate of drug-likeness (QED) is 0.853. The summed E-state index contributed by atoms with van der Waals surface area (Å²) in [5, 5.41) is 9.34. The van der Waals surface area contributed by atoms with Crippen LogP contribution in [0.1, 0.15) is 26.9 Å². The monoisotopic (exact) mass is 232 g/mol. The van der Waals surface area contributed by atoms with Gasteiger partial charge in [-0.05, 0) is 12.5 Å². The molecule has 0 saturated carbocycles. The Morgan fingerprint density at radius 3 is 3.00 bits per heavy atom. The smallest absolute Gasteiger partial charge is 0.345 e. The standard InChI is InChI=1S/C9H9ClO3S/c10-6-3-7(9(11)12)14-8(6)5-1-2-13-4-5/h3,5H,1-2,4H2,(H,11,12). The van der Waals surface area contributed by atoms with E-state index in [4.69, 9.17) is 21.4 Å². The van der Waals surface area contributed by atoms with Gasteiger partial charge in [0.25, 0.3) is 0 Å². The molecule has 1 aliphatic heterocycles. The maximum atomic E-state index is 10.7. The molecule has 1 aromatic rings. The van der Waals surface area contributed by atoms with Crippen molar-refractivity contribution >= 4 is 28.9 Å². The molecule has 0 aromatic carbocycles. The lowest BCUT2D eigenvalue weighted by atomic mass is 10.1. The SMILES string of the molecule is O=C(O)c1cc(Cl)c(C2CCOC2)s1. The zero-order chi connectivity index (χ0) is 10.1. The molecule has 14 heavy (non-hydrogen) atoms.